The first-order valence-corrected chi connectivity index (χ1v) is 10.6. The number of nitrogens with one attached hydrogen (secondary N) is 1. The van der Waals surface area contributed by atoms with Crippen molar-refractivity contribution in [1.29, 1.82) is 0 Å². The maximum Gasteiger partial charge on any atom is 0.232 e. The number of hydrogen-bond donors (Lipinski definition) is 1. The molecule has 150 valence electrons. The molecular formula is C25H34N2O. The van der Waals surface area contributed by atoms with E-state index < -0.39 is 0 Å². The zero-order valence-corrected chi connectivity index (χ0v) is 18.0. The lowest BCUT2D eigenvalue weighted by Crippen LogP contribution is -2.42. The number of rotatable bonds is 6. The number of carbonyl (C=O) groups excluding carboxylic acids is 1. The minimum Gasteiger partial charge on any atom is -0.354 e. The van der Waals surface area contributed by atoms with Crippen LogP contribution < -0.4 is 5.32 Å². The molecule has 1 fully saturated rings. The summed E-state index contributed by atoms with van der Waals surface area (Å²) < 4.78 is 0. The lowest BCUT2D eigenvalue weighted by atomic mass is 9.81. The fraction of sp³-hybridized carbons (Fsp3) is 0.480. The van der Waals surface area contributed by atoms with E-state index in [2.05, 4.69) is 81.2 Å². The van der Waals surface area contributed by atoms with E-state index in [1.807, 2.05) is 0 Å². The van der Waals surface area contributed by atoms with E-state index in [0.717, 1.165) is 30.8 Å². The summed E-state index contributed by atoms with van der Waals surface area (Å²) in [6, 6.07) is 13.1. The van der Waals surface area contributed by atoms with Gasteiger partial charge in [-0.1, -0.05) is 43.3 Å². The normalized spacial score (nSPS) is 17.3. The second-order valence-electron chi connectivity index (χ2n) is 8.21. The highest BCUT2D eigenvalue weighted by molar-refractivity contribution is 5.88. The van der Waals surface area contributed by atoms with Crippen LogP contribution in [0, 0.1) is 27.7 Å². The molecule has 1 N–H and O–H groups in total. The van der Waals surface area contributed by atoms with Crippen molar-refractivity contribution in [3.05, 3.63) is 69.8 Å². The summed E-state index contributed by atoms with van der Waals surface area (Å²) in [5.41, 5.74) is 7.02. The van der Waals surface area contributed by atoms with Crippen molar-refractivity contribution in [3.8, 4) is 0 Å². The van der Waals surface area contributed by atoms with Crippen molar-refractivity contribution in [2.75, 3.05) is 19.6 Å². The van der Waals surface area contributed by atoms with Gasteiger partial charge >= 0.3 is 0 Å². The van der Waals surface area contributed by atoms with Gasteiger partial charge in [0.2, 0.25) is 5.91 Å². The minimum absolute atomic E-state index is 0.123. The summed E-state index contributed by atoms with van der Waals surface area (Å²) >= 11 is 0. The number of likely N-dealkylation sites (tertiary alicyclic amines) is 1. The van der Waals surface area contributed by atoms with Gasteiger partial charge < -0.3 is 5.32 Å². The van der Waals surface area contributed by atoms with Gasteiger partial charge in [-0.15, -0.1) is 0 Å². The predicted octanol–water partition coefficient (Wildman–Crippen LogP) is 4.65. The van der Waals surface area contributed by atoms with E-state index in [0.29, 0.717) is 6.04 Å². The van der Waals surface area contributed by atoms with Crippen LogP contribution in [0.4, 0.5) is 0 Å². The summed E-state index contributed by atoms with van der Waals surface area (Å²) in [6.07, 6.45) is 2.40. The van der Waals surface area contributed by atoms with Gasteiger partial charge in [0.05, 0.1) is 5.92 Å². The average molecular weight is 379 g/mol. The Balaban J connectivity index is 1.96. The molecule has 0 saturated carbocycles. The first-order valence-electron chi connectivity index (χ1n) is 10.6. The van der Waals surface area contributed by atoms with Crippen molar-refractivity contribution in [2.24, 2.45) is 0 Å². The standard InChI is InChI=1S/C25H34N2O/c1-6-27-15-9-14-21(27)16-26-25(28)24(22-17(2)10-7-11-18(22)3)23-19(4)12-8-13-20(23)5/h7-8,10-13,21,24H,6,9,14-16H2,1-5H3,(H,26,28). The molecule has 2 aromatic carbocycles. The third-order valence-electron chi connectivity index (χ3n) is 6.34. The highest BCUT2D eigenvalue weighted by Crippen LogP contribution is 2.34. The molecule has 1 heterocycles. The predicted molar refractivity (Wildman–Crippen MR) is 117 cm³/mol. The molecule has 1 aliphatic heterocycles. The van der Waals surface area contributed by atoms with Crippen LogP contribution in [0.2, 0.25) is 0 Å². The molecule has 1 saturated heterocycles. The molecule has 1 aliphatic rings. The summed E-state index contributed by atoms with van der Waals surface area (Å²) in [6.45, 7) is 13.6. The van der Waals surface area contributed by atoms with Crippen LogP contribution in [-0.2, 0) is 4.79 Å². The monoisotopic (exact) mass is 378 g/mol. The smallest absolute Gasteiger partial charge is 0.232 e. The Morgan fingerprint density at radius 2 is 1.50 bits per heavy atom. The first kappa shape index (κ1) is 20.6. The average Bonchev–Trinajstić information content (AvgIpc) is 3.12. The number of hydrogen-bond acceptors (Lipinski definition) is 2. The van der Waals surface area contributed by atoms with E-state index in [-0.39, 0.29) is 11.8 Å². The van der Waals surface area contributed by atoms with Crippen LogP contribution in [0.3, 0.4) is 0 Å². The second kappa shape index (κ2) is 8.91. The van der Waals surface area contributed by atoms with Crippen LogP contribution in [0.15, 0.2) is 36.4 Å². The molecular weight excluding hydrogens is 344 g/mol. The van der Waals surface area contributed by atoms with Gasteiger partial charge in [0.25, 0.3) is 0 Å². The molecule has 3 rings (SSSR count). The molecule has 0 bridgehead atoms. The Kier molecular flexibility index (Phi) is 6.56. The van der Waals surface area contributed by atoms with E-state index >= 15 is 0 Å². The lowest BCUT2D eigenvalue weighted by Gasteiger charge is -2.27. The van der Waals surface area contributed by atoms with E-state index in [9.17, 15) is 4.79 Å². The Morgan fingerprint density at radius 3 is 1.96 bits per heavy atom. The van der Waals surface area contributed by atoms with Crippen molar-refractivity contribution in [2.45, 2.75) is 59.4 Å². The molecule has 0 aliphatic carbocycles. The lowest BCUT2D eigenvalue weighted by molar-refractivity contribution is -0.121. The van der Waals surface area contributed by atoms with Crippen LogP contribution in [0.5, 0.6) is 0 Å². The molecule has 1 atom stereocenters. The summed E-state index contributed by atoms with van der Waals surface area (Å²) in [7, 11) is 0. The molecule has 28 heavy (non-hydrogen) atoms. The Labute approximate surface area is 170 Å². The summed E-state index contributed by atoms with van der Waals surface area (Å²) in [5.74, 6) is -0.142. The quantitative estimate of drug-likeness (QED) is 0.793. The van der Waals surface area contributed by atoms with Crippen molar-refractivity contribution in [3.63, 3.8) is 0 Å². The third-order valence-corrected chi connectivity index (χ3v) is 6.34. The molecule has 3 heteroatoms. The molecule has 0 aromatic heterocycles. The summed E-state index contributed by atoms with van der Waals surface area (Å²) in [4.78, 5) is 16.1. The highest BCUT2D eigenvalue weighted by Gasteiger charge is 2.30. The fourth-order valence-corrected chi connectivity index (χ4v) is 4.84. The zero-order valence-electron chi connectivity index (χ0n) is 18.0. The van der Waals surface area contributed by atoms with Crippen molar-refractivity contribution < 1.29 is 4.79 Å². The highest BCUT2D eigenvalue weighted by atomic mass is 16.1. The molecule has 1 amide bonds. The number of nitrogens with zero attached hydrogens (tertiary/aromatic N) is 1. The Hall–Kier alpha value is -2.13. The topological polar surface area (TPSA) is 32.3 Å². The molecule has 3 nitrogen and oxygen atoms in total. The van der Waals surface area contributed by atoms with Gasteiger partial charge in [-0.25, -0.2) is 0 Å². The van der Waals surface area contributed by atoms with Crippen LogP contribution >= 0.6 is 0 Å². The number of likely N-dealkylation sites (N-methyl/N-ethyl adjacent to an activating group) is 1. The Morgan fingerprint density at radius 1 is 1.00 bits per heavy atom. The maximum absolute atomic E-state index is 13.6. The largest absolute Gasteiger partial charge is 0.354 e. The van der Waals surface area contributed by atoms with E-state index in [1.165, 1.54) is 35.1 Å². The SMILES string of the molecule is CCN1CCCC1CNC(=O)C(c1c(C)cccc1C)c1c(C)cccc1C. The molecule has 1 unspecified atom stereocenters. The number of carbonyl (C=O) groups is 1. The first-order chi connectivity index (χ1) is 13.4. The zero-order chi connectivity index (χ0) is 20.3. The van der Waals surface area contributed by atoms with Crippen LogP contribution in [0.1, 0.15) is 59.1 Å². The van der Waals surface area contributed by atoms with Crippen molar-refractivity contribution in [1.82, 2.24) is 10.2 Å². The van der Waals surface area contributed by atoms with Gasteiger partial charge in [0.15, 0.2) is 0 Å². The van der Waals surface area contributed by atoms with Gasteiger partial charge in [0, 0.05) is 12.6 Å². The molecule has 0 radical (unpaired) electrons. The van der Waals surface area contributed by atoms with Gasteiger partial charge in [-0.3, -0.25) is 9.69 Å². The third kappa shape index (κ3) is 4.15. The number of amides is 1. The maximum atomic E-state index is 13.6. The number of benzene rings is 2. The molecule has 0 spiro atoms. The van der Waals surface area contributed by atoms with Crippen LogP contribution in [-0.4, -0.2) is 36.5 Å². The second-order valence-corrected chi connectivity index (χ2v) is 8.21. The Bertz CT molecular complexity index is 750. The van der Waals surface area contributed by atoms with Gasteiger partial charge in [-0.2, -0.15) is 0 Å². The van der Waals surface area contributed by atoms with E-state index in [4.69, 9.17) is 0 Å². The van der Waals surface area contributed by atoms with Gasteiger partial charge in [0.1, 0.15) is 0 Å². The van der Waals surface area contributed by atoms with E-state index in [1.54, 1.807) is 0 Å². The number of aryl methyl sites for hydroxylation is 4. The molecule has 2 aromatic rings. The van der Waals surface area contributed by atoms with Gasteiger partial charge in [-0.05, 0) is 87.0 Å². The fourth-order valence-electron chi connectivity index (χ4n) is 4.84. The van der Waals surface area contributed by atoms with Crippen molar-refractivity contribution >= 4 is 5.91 Å². The van der Waals surface area contributed by atoms with Crippen LogP contribution in [0.25, 0.3) is 0 Å². The summed E-state index contributed by atoms with van der Waals surface area (Å²) in [5, 5.41) is 3.31. The minimum atomic E-state index is -0.265.